The molecule has 69 heavy (non-hydrogen) atoms. The zero-order chi connectivity index (χ0) is 47.8. The number of phenols is 1. The molecule has 0 atom stereocenters. The fourth-order valence-corrected chi connectivity index (χ4v) is 8.54. The molecule has 0 unspecified atom stereocenters. The topological polar surface area (TPSA) is 433 Å². The van der Waals surface area contributed by atoms with Crippen molar-refractivity contribution in [3.8, 4) is 5.75 Å². The molecule has 25 nitrogen and oxygen atoms in total. The second-order valence-corrected chi connectivity index (χ2v) is 18.7. The van der Waals surface area contributed by atoms with E-state index in [9.17, 15) is 67.1 Å². The summed E-state index contributed by atoms with van der Waals surface area (Å²) in [5.74, 6) is -1.17. The summed E-state index contributed by atoms with van der Waals surface area (Å²) in [5.41, 5.74) is 14.5. The second-order valence-electron chi connectivity index (χ2n) is 13.2. The van der Waals surface area contributed by atoms with Crippen LogP contribution in [0.15, 0.2) is 141 Å². The van der Waals surface area contributed by atoms with E-state index in [-0.39, 0.29) is 115 Å². The summed E-state index contributed by atoms with van der Waals surface area (Å²) < 4.78 is 140. The molecule has 33 heteroatoms. The molecule has 0 aliphatic heterocycles. The summed E-state index contributed by atoms with van der Waals surface area (Å²) in [6.45, 7) is 0. The molecule has 6 rings (SSSR count). The number of anilines is 3. The van der Waals surface area contributed by atoms with Gasteiger partial charge in [-0.2, -0.15) is 49.0 Å². The molecule has 4 radical (unpaired) electrons. The number of nitro benzene ring substituents is 1. The van der Waals surface area contributed by atoms with E-state index in [1.54, 1.807) is 0 Å². The first-order valence-corrected chi connectivity index (χ1v) is 23.1. The maximum absolute atomic E-state index is 12.5. The van der Waals surface area contributed by atoms with Crippen LogP contribution in [0.25, 0.3) is 22.9 Å². The number of fused-ring (bicyclic) bond motifs is 1. The van der Waals surface area contributed by atoms with E-state index in [2.05, 4.69) is 30.7 Å². The van der Waals surface area contributed by atoms with Gasteiger partial charge in [0.15, 0.2) is 5.75 Å². The first-order valence-electron chi connectivity index (χ1n) is 17.4. The summed E-state index contributed by atoms with van der Waals surface area (Å²) in [6, 6.07) is 16.3. The van der Waals surface area contributed by atoms with E-state index < -0.39 is 104 Å². The van der Waals surface area contributed by atoms with Crippen molar-refractivity contribution in [3.63, 3.8) is 0 Å². The molecule has 0 spiro atoms. The Morgan fingerprint density at radius 3 is 1.38 bits per heavy atom. The Kier molecular flexibility index (Phi) is 20.1. The van der Waals surface area contributed by atoms with Gasteiger partial charge in [-0.3, -0.25) is 28.3 Å². The van der Waals surface area contributed by atoms with Gasteiger partial charge in [-0.15, -0.1) is 15.3 Å². The van der Waals surface area contributed by atoms with Gasteiger partial charge < -0.3 is 22.3 Å². The minimum atomic E-state index is -5.37. The molecule has 0 aliphatic rings. The molecule has 0 saturated heterocycles. The molecule has 0 fully saturated rings. The number of non-ortho nitro benzene ring substituents is 1. The fourth-order valence-electron chi connectivity index (χ4n) is 5.81. The van der Waals surface area contributed by atoms with Gasteiger partial charge in [0, 0.05) is 93.3 Å². The van der Waals surface area contributed by atoms with Crippen molar-refractivity contribution < 1.29 is 61.9 Å². The van der Waals surface area contributed by atoms with Crippen molar-refractivity contribution >= 4 is 196 Å². The van der Waals surface area contributed by atoms with Crippen LogP contribution in [0, 0.1) is 10.1 Å². The second kappa shape index (κ2) is 23.1. The molecule has 6 aromatic rings. The molecule has 11 N–H and O–H groups in total. The van der Waals surface area contributed by atoms with E-state index in [1.165, 1.54) is 30.3 Å². The monoisotopic (exact) mass is 996 g/mol. The number of nitro groups is 1. The average molecular weight is 997 g/mol. The van der Waals surface area contributed by atoms with E-state index in [4.69, 9.17) is 17.2 Å². The molecular formula is C36H28Li4N10O15S4. The largest absolute Gasteiger partial charge is 0.505 e. The van der Waals surface area contributed by atoms with E-state index in [1.807, 2.05) is 0 Å². The third kappa shape index (κ3) is 14.2. The number of nitrogens with two attached hydrogens (primary N) is 3. The number of phenolic OH excluding ortho intramolecular Hbond substituents is 1. The number of hydrogen-bond donors (Lipinski definition) is 8. The Morgan fingerprint density at radius 1 is 0.507 bits per heavy atom. The van der Waals surface area contributed by atoms with Crippen molar-refractivity contribution in [2.24, 2.45) is 30.7 Å². The van der Waals surface area contributed by atoms with Gasteiger partial charge in [0.1, 0.15) is 36.6 Å². The zero-order valence-corrected chi connectivity index (χ0v) is 39.4. The maximum Gasteiger partial charge on any atom is 0.296 e. The van der Waals surface area contributed by atoms with Crippen molar-refractivity contribution in [2.45, 2.75) is 19.6 Å². The number of azo groups is 3. The molecule has 0 aliphatic carbocycles. The quantitative estimate of drug-likeness (QED) is 0.0123. The Morgan fingerprint density at radius 2 is 0.928 bits per heavy atom. The first kappa shape index (κ1) is 59.9. The third-order valence-corrected chi connectivity index (χ3v) is 12.3. The van der Waals surface area contributed by atoms with Crippen LogP contribution in [-0.4, -0.2) is 137 Å². The molecule has 340 valence electrons. The minimum Gasteiger partial charge on any atom is -0.505 e. The van der Waals surface area contributed by atoms with Gasteiger partial charge in [0.05, 0.1) is 38.7 Å². The molecule has 0 heterocycles. The minimum absolute atomic E-state index is 0. The number of benzene rings is 6. The fraction of sp³-hybridized carbons (Fsp3) is 0. The predicted molar refractivity (Wildman–Crippen MR) is 255 cm³/mol. The summed E-state index contributed by atoms with van der Waals surface area (Å²) in [7, 11) is -20.7. The molecule has 6 aromatic carbocycles. The van der Waals surface area contributed by atoms with Crippen molar-refractivity contribution in [3.05, 3.63) is 112 Å². The van der Waals surface area contributed by atoms with Crippen LogP contribution >= 0.6 is 0 Å². The van der Waals surface area contributed by atoms with Gasteiger partial charge in [0.25, 0.3) is 46.2 Å². The summed E-state index contributed by atoms with van der Waals surface area (Å²) in [6.07, 6.45) is 2.10. The zero-order valence-electron chi connectivity index (χ0n) is 36.1. The average Bonchev–Trinajstić information content (AvgIpc) is 3.20. The summed E-state index contributed by atoms with van der Waals surface area (Å²) in [4.78, 5) is 6.50. The van der Waals surface area contributed by atoms with E-state index >= 15 is 0 Å². The summed E-state index contributed by atoms with van der Waals surface area (Å²) in [5, 5.41) is 44.1. The van der Waals surface area contributed by atoms with Gasteiger partial charge in [0.2, 0.25) is 0 Å². The van der Waals surface area contributed by atoms with Crippen LogP contribution in [-0.2, 0) is 40.5 Å². The van der Waals surface area contributed by atoms with Crippen LogP contribution in [0.5, 0.6) is 5.75 Å². The first-order chi connectivity index (χ1) is 30.2. The number of hydrogen-bond acceptors (Lipinski definition) is 20. The molecule has 0 aromatic heterocycles. The van der Waals surface area contributed by atoms with Gasteiger partial charge in [-0.05, 0) is 83.2 Å². The Bertz CT molecular complexity index is 3590. The van der Waals surface area contributed by atoms with Crippen molar-refractivity contribution in [2.75, 3.05) is 17.2 Å². The maximum atomic E-state index is 12.5. The Labute approximate surface area is 439 Å². The third-order valence-electron chi connectivity index (χ3n) is 8.78. The van der Waals surface area contributed by atoms with Crippen molar-refractivity contribution in [1.29, 1.82) is 0 Å². The van der Waals surface area contributed by atoms with E-state index in [0.717, 1.165) is 60.7 Å². The Hall–Kier alpha value is -5.25. The number of nitrogens with zero attached hydrogens (tertiary/aromatic N) is 7. The SMILES string of the molecule is Nc1ccc(N=Nc2ccc(C=Cc3ccc(N=Nc4c(S(=O)(=O)O)cc5cc(S(=O)(=O)O)c(N=Nc6ccc([N+](=O)[O-])cc6)c(N)c5c4O)cc3S(=O)(=O)O)c(S(=O)(=O)O)c2)c(N)c1.[Li].[Li].[Li].[Li]. The van der Waals surface area contributed by atoms with Crippen LogP contribution in [0.1, 0.15) is 11.1 Å². The van der Waals surface area contributed by atoms with Crippen LogP contribution in [0.2, 0.25) is 0 Å². The standard InChI is InChI=1S/C36H28N10O15S4.4Li/c37-21-5-12-27(26(38)15-21)43-41-23-6-3-18(28(16-23)62(50,51)52)1-2-19-4-7-24(17-29(19)63(53,54)55)42-45-35-31(65(59,60)61)14-20-13-30(64(56,57)58)34(33(39)32(20)36(35)47)44-40-22-8-10-25(11-9-22)46(48)49;;;;/h1-17,47H,37-39H2,(H,50,51,52)(H,53,54,55)(H,56,57,58)(H,59,60,61);;;;. The smallest absolute Gasteiger partial charge is 0.296 e. The normalized spacial score (nSPS) is 12.2. The predicted octanol–water partition coefficient (Wildman–Crippen LogP) is 6.08. The Balaban J connectivity index is 0.00000408. The number of rotatable bonds is 13. The van der Waals surface area contributed by atoms with Crippen LogP contribution in [0.3, 0.4) is 0 Å². The van der Waals surface area contributed by atoms with Gasteiger partial charge >= 0.3 is 0 Å². The molecule has 0 amide bonds. The van der Waals surface area contributed by atoms with Crippen molar-refractivity contribution in [1.82, 2.24) is 0 Å². The molecule has 0 bridgehead atoms. The molecular weight excluding hydrogens is 968 g/mol. The van der Waals surface area contributed by atoms with E-state index in [0.29, 0.717) is 17.8 Å². The van der Waals surface area contributed by atoms with Gasteiger partial charge in [-0.25, -0.2) is 0 Å². The summed E-state index contributed by atoms with van der Waals surface area (Å²) >= 11 is 0. The van der Waals surface area contributed by atoms with Crippen LogP contribution in [0.4, 0.5) is 56.9 Å². The van der Waals surface area contributed by atoms with Crippen LogP contribution < -0.4 is 17.2 Å². The molecule has 0 saturated carbocycles. The number of nitrogen functional groups attached to an aromatic ring is 3. The number of aromatic hydroxyl groups is 1. The van der Waals surface area contributed by atoms with Gasteiger partial charge in [-0.1, -0.05) is 24.3 Å².